The summed E-state index contributed by atoms with van der Waals surface area (Å²) < 4.78 is 24.1. The van der Waals surface area contributed by atoms with Crippen LogP contribution in [0.25, 0.3) is 0 Å². The smallest absolute Gasteiger partial charge is 0.161 e. The van der Waals surface area contributed by atoms with Crippen LogP contribution in [-0.4, -0.2) is 19.4 Å². The van der Waals surface area contributed by atoms with E-state index in [9.17, 15) is 8.42 Å². The Balaban J connectivity index is 2.03. The van der Waals surface area contributed by atoms with Crippen LogP contribution in [0.4, 0.5) is 0 Å². The van der Waals surface area contributed by atoms with Crippen molar-refractivity contribution in [2.75, 3.05) is 5.75 Å². The minimum atomic E-state index is -2.98. The molecule has 2 nitrogen and oxygen atoms in total. The van der Waals surface area contributed by atoms with Crippen molar-refractivity contribution in [1.82, 2.24) is 0 Å². The monoisotopic (exact) mass is 294 g/mol. The Morgan fingerprint density at radius 1 is 1.32 bits per heavy atom. The van der Waals surface area contributed by atoms with E-state index in [0.29, 0.717) is 6.42 Å². The Morgan fingerprint density at radius 2 is 2.05 bits per heavy atom. The maximum atomic E-state index is 12.1. The van der Waals surface area contributed by atoms with E-state index in [1.165, 1.54) is 0 Å². The lowest BCUT2D eigenvalue weighted by Gasteiger charge is -2.05. The van der Waals surface area contributed by atoms with Gasteiger partial charge in [0.1, 0.15) is 0 Å². The molecule has 1 aliphatic heterocycles. The molecule has 1 atom stereocenters. The number of hydrogen-bond acceptors (Lipinski definition) is 3. The second kappa shape index (κ2) is 6.44. The lowest BCUT2D eigenvalue weighted by atomic mass is 10.2. The fourth-order valence-electron chi connectivity index (χ4n) is 2.09. The van der Waals surface area contributed by atoms with Gasteiger partial charge in [-0.05, 0) is 31.4 Å². The second-order valence-electron chi connectivity index (χ2n) is 4.61. The zero-order valence-corrected chi connectivity index (χ0v) is 12.4. The Kier molecular flexibility index (Phi) is 4.88. The summed E-state index contributed by atoms with van der Waals surface area (Å²) in [5.74, 6) is 0.186. The van der Waals surface area contributed by atoms with Crippen LogP contribution in [0.3, 0.4) is 0 Å². The van der Waals surface area contributed by atoms with Gasteiger partial charge in [0.05, 0.1) is 11.0 Å². The van der Waals surface area contributed by atoms with Gasteiger partial charge in [-0.15, -0.1) is 6.58 Å². The molecule has 0 bridgehead atoms. The zero-order valence-electron chi connectivity index (χ0n) is 10.8. The first-order valence-electron chi connectivity index (χ1n) is 6.38. The van der Waals surface area contributed by atoms with Crippen LogP contribution >= 0.6 is 11.8 Å². The number of allylic oxidation sites excluding steroid dienone is 1. The maximum absolute atomic E-state index is 12.1. The third-order valence-electron chi connectivity index (χ3n) is 3.07. The van der Waals surface area contributed by atoms with Gasteiger partial charge in [0.15, 0.2) is 9.84 Å². The molecular formula is C15H18O2S2. The summed E-state index contributed by atoms with van der Waals surface area (Å²) in [6, 6.07) is 9.90. The molecule has 0 saturated heterocycles. The maximum Gasteiger partial charge on any atom is 0.161 e. The number of sulfone groups is 1. The molecule has 0 saturated carbocycles. The summed E-state index contributed by atoms with van der Waals surface area (Å²) in [6.45, 7) is 3.66. The Hall–Kier alpha value is -1.00. The highest BCUT2D eigenvalue weighted by molar-refractivity contribution is 8.05. The minimum absolute atomic E-state index is 0.186. The molecule has 0 aliphatic carbocycles. The summed E-state index contributed by atoms with van der Waals surface area (Å²) in [7, 11) is -2.98. The molecule has 0 fully saturated rings. The molecule has 1 heterocycles. The lowest BCUT2D eigenvalue weighted by molar-refractivity contribution is 0.587. The van der Waals surface area contributed by atoms with E-state index in [-0.39, 0.29) is 11.0 Å². The summed E-state index contributed by atoms with van der Waals surface area (Å²) >= 11 is 1.56. The molecule has 0 amide bonds. The van der Waals surface area contributed by atoms with Crippen molar-refractivity contribution in [3.8, 4) is 0 Å². The summed E-state index contributed by atoms with van der Waals surface area (Å²) in [4.78, 5) is 2.05. The normalized spacial score (nSPS) is 21.1. The van der Waals surface area contributed by atoms with Crippen LogP contribution < -0.4 is 0 Å². The third-order valence-corrected chi connectivity index (χ3v) is 6.31. The van der Waals surface area contributed by atoms with Crippen molar-refractivity contribution in [2.24, 2.45) is 0 Å². The van der Waals surface area contributed by atoms with Crippen molar-refractivity contribution in [2.45, 2.75) is 29.4 Å². The van der Waals surface area contributed by atoms with E-state index < -0.39 is 9.84 Å². The number of rotatable bonds is 6. The van der Waals surface area contributed by atoms with Crippen molar-refractivity contribution < 1.29 is 8.42 Å². The topological polar surface area (TPSA) is 34.1 Å². The predicted molar refractivity (Wildman–Crippen MR) is 82.0 cm³/mol. The van der Waals surface area contributed by atoms with Crippen molar-refractivity contribution in [3.05, 3.63) is 54.0 Å². The first-order valence-corrected chi connectivity index (χ1v) is 8.91. The first kappa shape index (κ1) is 14.4. The molecule has 0 spiro atoms. The Bertz CT molecular complexity index is 559. The molecule has 1 aromatic carbocycles. The van der Waals surface area contributed by atoms with E-state index in [2.05, 4.69) is 6.58 Å². The van der Waals surface area contributed by atoms with E-state index in [4.69, 9.17) is 0 Å². The van der Waals surface area contributed by atoms with Crippen molar-refractivity contribution in [1.29, 1.82) is 0 Å². The van der Waals surface area contributed by atoms with Crippen molar-refractivity contribution in [3.63, 3.8) is 0 Å². The molecule has 19 heavy (non-hydrogen) atoms. The van der Waals surface area contributed by atoms with Crippen LogP contribution in [0.2, 0.25) is 0 Å². The van der Waals surface area contributed by atoms with Gasteiger partial charge in [0, 0.05) is 9.80 Å². The number of thioether (sulfide) groups is 1. The largest absolute Gasteiger partial charge is 0.228 e. The van der Waals surface area contributed by atoms with Gasteiger partial charge in [-0.1, -0.05) is 42.1 Å². The van der Waals surface area contributed by atoms with E-state index in [0.717, 1.165) is 22.6 Å². The van der Waals surface area contributed by atoms with Crippen LogP contribution in [0, 0.1) is 0 Å². The molecule has 1 aromatic rings. The molecule has 4 heteroatoms. The average Bonchev–Trinajstić information content (AvgIpc) is 2.65. The van der Waals surface area contributed by atoms with Gasteiger partial charge in [0.2, 0.25) is 0 Å². The zero-order chi connectivity index (χ0) is 13.7. The highest BCUT2D eigenvalue weighted by Crippen LogP contribution is 2.34. The number of benzene rings is 1. The standard InChI is InChI=1S/C15H18O2S2/c1-2-3-5-10-15-11-14(12-19(15,16)17)18-13-8-6-4-7-9-13/h2,4,6-9,11,15H,1,3,5,10,12H2. The van der Waals surface area contributed by atoms with Crippen LogP contribution in [0.1, 0.15) is 19.3 Å². The van der Waals surface area contributed by atoms with Gasteiger partial charge in [0.25, 0.3) is 0 Å². The molecule has 1 aliphatic rings. The van der Waals surface area contributed by atoms with Crippen LogP contribution in [0.5, 0.6) is 0 Å². The lowest BCUT2D eigenvalue weighted by Crippen LogP contribution is -2.16. The second-order valence-corrected chi connectivity index (χ2v) is 8.03. The highest BCUT2D eigenvalue weighted by atomic mass is 32.2. The molecule has 0 radical (unpaired) electrons. The van der Waals surface area contributed by atoms with Gasteiger partial charge in [-0.2, -0.15) is 0 Å². The van der Waals surface area contributed by atoms with Crippen molar-refractivity contribution >= 4 is 21.6 Å². The summed E-state index contributed by atoms with van der Waals surface area (Å²) in [6.07, 6.45) is 6.22. The third kappa shape index (κ3) is 3.98. The molecule has 0 N–H and O–H groups in total. The molecule has 2 rings (SSSR count). The fraction of sp³-hybridized carbons (Fsp3) is 0.333. The first-order chi connectivity index (χ1) is 9.12. The van der Waals surface area contributed by atoms with Gasteiger partial charge in [-0.3, -0.25) is 0 Å². The minimum Gasteiger partial charge on any atom is -0.228 e. The summed E-state index contributed by atoms with van der Waals surface area (Å²) in [5.41, 5.74) is 0. The fourth-order valence-corrected chi connectivity index (χ4v) is 5.34. The average molecular weight is 294 g/mol. The van der Waals surface area contributed by atoms with Crippen LogP contribution in [0.15, 0.2) is 58.9 Å². The van der Waals surface area contributed by atoms with E-state index >= 15 is 0 Å². The molecule has 102 valence electrons. The van der Waals surface area contributed by atoms with E-state index in [1.807, 2.05) is 42.5 Å². The Morgan fingerprint density at radius 3 is 2.74 bits per heavy atom. The molecule has 1 unspecified atom stereocenters. The summed E-state index contributed by atoms with van der Waals surface area (Å²) in [5, 5.41) is -0.307. The number of unbranched alkanes of at least 4 members (excludes halogenated alkanes) is 1. The quantitative estimate of drug-likeness (QED) is 0.591. The van der Waals surface area contributed by atoms with Gasteiger partial charge < -0.3 is 0 Å². The SMILES string of the molecule is C=CCCCC1C=C(Sc2ccccc2)CS1(=O)=O. The van der Waals surface area contributed by atoms with Crippen LogP contribution in [-0.2, 0) is 9.84 Å². The van der Waals surface area contributed by atoms with Gasteiger partial charge in [-0.25, -0.2) is 8.42 Å². The number of hydrogen-bond donors (Lipinski definition) is 0. The van der Waals surface area contributed by atoms with E-state index in [1.54, 1.807) is 11.8 Å². The molecule has 0 aromatic heterocycles. The predicted octanol–water partition coefficient (Wildman–Crippen LogP) is 3.82. The van der Waals surface area contributed by atoms with Gasteiger partial charge >= 0.3 is 0 Å². The molecular weight excluding hydrogens is 276 g/mol. The Labute approximate surface area is 119 Å². The highest BCUT2D eigenvalue weighted by Gasteiger charge is 2.31.